The molecule has 1 aliphatic rings. The van der Waals surface area contributed by atoms with Crippen LogP contribution in [-0.2, 0) is 12.8 Å². The van der Waals surface area contributed by atoms with Gasteiger partial charge in [-0.05, 0) is 49.4 Å². The third-order valence-corrected chi connectivity index (χ3v) is 3.78. The first-order valence-corrected chi connectivity index (χ1v) is 7.28. The third kappa shape index (κ3) is 2.79. The molecule has 0 unspecified atom stereocenters. The van der Waals surface area contributed by atoms with E-state index >= 15 is 0 Å². The lowest BCUT2D eigenvalue weighted by Crippen LogP contribution is -2.01. The minimum atomic E-state index is -0.436. The van der Waals surface area contributed by atoms with E-state index in [1.807, 2.05) is 13.0 Å². The largest absolute Gasteiger partial charge is 0.491 e. The minimum Gasteiger partial charge on any atom is -0.491 e. The molecule has 21 heavy (non-hydrogen) atoms. The maximum atomic E-state index is 13.7. The summed E-state index contributed by atoms with van der Waals surface area (Å²) < 4.78 is 19.0. The molecule has 2 aromatic carbocycles. The summed E-state index contributed by atoms with van der Waals surface area (Å²) in [5, 5.41) is 3.26. The Morgan fingerprint density at radius 2 is 2.00 bits per heavy atom. The number of rotatable bonds is 4. The smallest absolute Gasteiger partial charge is 0.167 e. The summed E-state index contributed by atoms with van der Waals surface area (Å²) in [6, 6.07) is 9.23. The van der Waals surface area contributed by atoms with Crippen molar-refractivity contribution in [1.29, 1.82) is 0 Å². The summed E-state index contributed by atoms with van der Waals surface area (Å²) in [7, 11) is 0. The maximum absolute atomic E-state index is 13.7. The summed E-state index contributed by atoms with van der Waals surface area (Å²) >= 11 is 0. The van der Waals surface area contributed by atoms with Gasteiger partial charge in [0, 0.05) is 17.8 Å². The van der Waals surface area contributed by atoms with E-state index in [4.69, 9.17) is 10.5 Å². The van der Waals surface area contributed by atoms with Crippen molar-refractivity contribution in [2.24, 2.45) is 0 Å². The van der Waals surface area contributed by atoms with E-state index in [9.17, 15) is 4.39 Å². The second-order valence-corrected chi connectivity index (χ2v) is 5.26. The lowest BCUT2D eigenvalue weighted by atomic mass is 10.1. The molecule has 1 aliphatic carbocycles. The number of hydrogen-bond donors (Lipinski definition) is 2. The summed E-state index contributed by atoms with van der Waals surface area (Å²) in [5.41, 5.74) is 10.7. The first kappa shape index (κ1) is 13.7. The van der Waals surface area contributed by atoms with Gasteiger partial charge in [0.05, 0.1) is 18.0 Å². The number of nitrogen functional groups attached to an aromatic ring is 1. The van der Waals surface area contributed by atoms with Crippen molar-refractivity contribution in [3.05, 3.63) is 47.3 Å². The molecule has 2 aromatic rings. The predicted molar refractivity (Wildman–Crippen MR) is 83.7 cm³/mol. The van der Waals surface area contributed by atoms with Crippen LogP contribution < -0.4 is 15.8 Å². The molecule has 110 valence electrons. The van der Waals surface area contributed by atoms with Gasteiger partial charge in [0.1, 0.15) is 0 Å². The molecule has 0 heterocycles. The average Bonchev–Trinajstić information content (AvgIpc) is 2.92. The summed E-state index contributed by atoms with van der Waals surface area (Å²) in [4.78, 5) is 0. The molecule has 0 spiro atoms. The fourth-order valence-electron chi connectivity index (χ4n) is 2.75. The van der Waals surface area contributed by atoms with Gasteiger partial charge in [-0.25, -0.2) is 4.39 Å². The zero-order chi connectivity index (χ0) is 14.8. The molecule has 0 bridgehead atoms. The fourth-order valence-corrected chi connectivity index (χ4v) is 2.75. The van der Waals surface area contributed by atoms with Gasteiger partial charge in [-0.2, -0.15) is 0 Å². The van der Waals surface area contributed by atoms with Gasteiger partial charge in [0.25, 0.3) is 0 Å². The van der Waals surface area contributed by atoms with E-state index in [2.05, 4.69) is 17.4 Å². The number of nitrogens with two attached hydrogens (primary N) is 1. The molecular formula is C17H19FN2O. The van der Waals surface area contributed by atoms with Crippen molar-refractivity contribution < 1.29 is 9.13 Å². The van der Waals surface area contributed by atoms with E-state index < -0.39 is 5.82 Å². The van der Waals surface area contributed by atoms with Crippen molar-refractivity contribution in [3.63, 3.8) is 0 Å². The number of nitrogens with one attached hydrogen (secondary N) is 1. The second-order valence-electron chi connectivity index (χ2n) is 5.26. The van der Waals surface area contributed by atoms with Gasteiger partial charge in [-0.1, -0.05) is 6.07 Å². The first-order valence-electron chi connectivity index (χ1n) is 7.28. The molecule has 0 aromatic heterocycles. The molecule has 0 saturated carbocycles. The van der Waals surface area contributed by atoms with Crippen LogP contribution in [0.5, 0.6) is 5.75 Å². The Morgan fingerprint density at radius 1 is 1.19 bits per heavy atom. The van der Waals surface area contributed by atoms with Crippen LogP contribution >= 0.6 is 0 Å². The predicted octanol–water partition coefficient (Wildman–Crippen LogP) is 4.04. The van der Waals surface area contributed by atoms with E-state index in [0.717, 1.165) is 18.5 Å². The number of ether oxygens (including phenoxy) is 1. The topological polar surface area (TPSA) is 47.3 Å². The van der Waals surface area contributed by atoms with Crippen molar-refractivity contribution in [2.45, 2.75) is 26.2 Å². The van der Waals surface area contributed by atoms with Gasteiger partial charge in [-0.15, -0.1) is 0 Å². The Morgan fingerprint density at radius 3 is 2.81 bits per heavy atom. The Hall–Kier alpha value is -2.23. The third-order valence-electron chi connectivity index (χ3n) is 3.78. The van der Waals surface area contributed by atoms with Crippen molar-refractivity contribution >= 4 is 17.1 Å². The highest BCUT2D eigenvalue weighted by Gasteiger charge is 2.12. The quantitative estimate of drug-likeness (QED) is 0.834. The molecule has 3 rings (SSSR count). The summed E-state index contributed by atoms with van der Waals surface area (Å²) in [6.45, 7) is 2.24. The van der Waals surface area contributed by atoms with Crippen LogP contribution in [0.1, 0.15) is 24.5 Å². The van der Waals surface area contributed by atoms with Crippen LogP contribution in [-0.4, -0.2) is 6.61 Å². The number of aryl methyl sites for hydroxylation is 2. The molecular weight excluding hydrogens is 267 g/mol. The standard InChI is InChI=1S/C17H19FN2O/c1-2-21-17-10-16(15(19)9-14(17)18)20-13-7-6-11-4-3-5-12(11)8-13/h6-10,20H,2-5,19H2,1H3. The second kappa shape index (κ2) is 5.64. The van der Waals surface area contributed by atoms with E-state index in [-0.39, 0.29) is 5.75 Å². The number of anilines is 3. The van der Waals surface area contributed by atoms with Gasteiger partial charge in [0.15, 0.2) is 11.6 Å². The highest BCUT2D eigenvalue weighted by molar-refractivity contribution is 5.74. The Labute approximate surface area is 123 Å². The van der Waals surface area contributed by atoms with Gasteiger partial charge < -0.3 is 15.8 Å². The van der Waals surface area contributed by atoms with Crippen LogP contribution in [0.3, 0.4) is 0 Å². The van der Waals surface area contributed by atoms with E-state index in [0.29, 0.717) is 18.0 Å². The van der Waals surface area contributed by atoms with Gasteiger partial charge in [0.2, 0.25) is 0 Å². The molecule has 3 nitrogen and oxygen atoms in total. The van der Waals surface area contributed by atoms with Crippen molar-refractivity contribution in [1.82, 2.24) is 0 Å². The van der Waals surface area contributed by atoms with Gasteiger partial charge in [-0.3, -0.25) is 0 Å². The Bertz CT molecular complexity index is 670. The average molecular weight is 286 g/mol. The fraction of sp³-hybridized carbons (Fsp3) is 0.294. The molecule has 0 saturated heterocycles. The first-order chi connectivity index (χ1) is 10.2. The number of hydrogen-bond acceptors (Lipinski definition) is 3. The lowest BCUT2D eigenvalue weighted by molar-refractivity contribution is 0.322. The number of halogens is 1. The van der Waals surface area contributed by atoms with E-state index in [1.54, 1.807) is 6.07 Å². The normalized spacial score (nSPS) is 13.0. The zero-order valence-corrected chi connectivity index (χ0v) is 12.1. The van der Waals surface area contributed by atoms with Crippen LogP contribution in [0.4, 0.5) is 21.5 Å². The van der Waals surface area contributed by atoms with Gasteiger partial charge >= 0.3 is 0 Å². The SMILES string of the molecule is CCOc1cc(Nc2ccc3c(c2)CCC3)c(N)cc1F. The molecule has 0 aliphatic heterocycles. The molecule has 0 amide bonds. The Kier molecular flexibility index (Phi) is 3.69. The van der Waals surface area contributed by atoms with Crippen LogP contribution in [0.15, 0.2) is 30.3 Å². The van der Waals surface area contributed by atoms with Crippen molar-refractivity contribution in [2.75, 3.05) is 17.7 Å². The van der Waals surface area contributed by atoms with Crippen molar-refractivity contribution in [3.8, 4) is 5.75 Å². The highest BCUT2D eigenvalue weighted by Crippen LogP contribution is 2.32. The number of benzene rings is 2. The summed E-state index contributed by atoms with van der Waals surface area (Å²) in [6.07, 6.45) is 3.49. The van der Waals surface area contributed by atoms with Crippen LogP contribution in [0.25, 0.3) is 0 Å². The van der Waals surface area contributed by atoms with Crippen LogP contribution in [0.2, 0.25) is 0 Å². The molecule has 4 heteroatoms. The molecule has 3 N–H and O–H groups in total. The lowest BCUT2D eigenvalue weighted by Gasteiger charge is -2.13. The number of fused-ring (bicyclic) bond motifs is 1. The molecule has 0 atom stereocenters. The summed E-state index contributed by atoms with van der Waals surface area (Å²) in [5.74, 6) is -0.218. The maximum Gasteiger partial charge on any atom is 0.167 e. The minimum absolute atomic E-state index is 0.218. The monoisotopic (exact) mass is 286 g/mol. The highest BCUT2D eigenvalue weighted by atomic mass is 19.1. The van der Waals surface area contributed by atoms with Crippen LogP contribution in [0, 0.1) is 5.82 Å². The Balaban J connectivity index is 1.88. The molecule has 0 radical (unpaired) electrons. The zero-order valence-electron chi connectivity index (χ0n) is 12.1. The van der Waals surface area contributed by atoms with E-state index in [1.165, 1.54) is 23.6 Å². The molecule has 0 fully saturated rings.